The zero-order valence-corrected chi connectivity index (χ0v) is 12.0. The van der Waals surface area contributed by atoms with Crippen molar-refractivity contribution in [3.8, 4) is 0 Å². The van der Waals surface area contributed by atoms with Crippen LogP contribution in [0.2, 0.25) is 0 Å². The molecule has 0 fully saturated rings. The molecule has 0 saturated carbocycles. The summed E-state index contributed by atoms with van der Waals surface area (Å²) in [6.45, 7) is 4.84. The van der Waals surface area contributed by atoms with Gasteiger partial charge >= 0.3 is 0 Å². The van der Waals surface area contributed by atoms with Crippen molar-refractivity contribution in [3.05, 3.63) is 40.2 Å². The molecule has 0 saturated heterocycles. The summed E-state index contributed by atoms with van der Waals surface area (Å²) in [5.41, 5.74) is 5.47. The average molecular weight is 273 g/mol. The molecule has 0 radical (unpaired) electrons. The molecule has 3 aromatic heterocycles. The first-order valence-electron chi connectivity index (χ1n) is 6.09. The van der Waals surface area contributed by atoms with Crippen molar-refractivity contribution in [2.75, 3.05) is 0 Å². The fraction of sp³-hybridized carbons (Fsp3) is 0.308. The fourth-order valence-corrected chi connectivity index (χ4v) is 2.65. The minimum Gasteiger partial charge on any atom is -0.329 e. The van der Waals surface area contributed by atoms with Crippen molar-refractivity contribution in [2.45, 2.75) is 20.4 Å². The third kappa shape index (κ3) is 1.88. The summed E-state index contributed by atoms with van der Waals surface area (Å²) in [7, 11) is 1.96. The van der Waals surface area contributed by atoms with Gasteiger partial charge in [-0.1, -0.05) is 0 Å². The molecule has 0 bridgehead atoms. The van der Waals surface area contributed by atoms with Gasteiger partial charge in [0.05, 0.1) is 29.5 Å². The van der Waals surface area contributed by atoms with Crippen molar-refractivity contribution < 1.29 is 0 Å². The highest BCUT2D eigenvalue weighted by Crippen LogP contribution is 2.18. The summed E-state index contributed by atoms with van der Waals surface area (Å²) in [5, 5.41) is 4.45. The molecule has 98 valence electrons. The van der Waals surface area contributed by atoms with Crippen LogP contribution in [0.25, 0.3) is 11.0 Å². The molecule has 0 unspecified atom stereocenters. The van der Waals surface area contributed by atoms with E-state index in [1.807, 2.05) is 24.7 Å². The lowest BCUT2D eigenvalue weighted by Crippen LogP contribution is -2.02. The SMILES string of the molecule is Cc1nn(C)c(C)c1Cn1c(=S)[nH]c2cnccc21. The maximum atomic E-state index is 5.40. The third-order valence-electron chi connectivity index (χ3n) is 3.55. The van der Waals surface area contributed by atoms with Gasteiger partial charge in [0.15, 0.2) is 4.77 Å². The maximum absolute atomic E-state index is 5.40. The molecule has 0 atom stereocenters. The Bertz CT molecular complexity index is 808. The Hall–Kier alpha value is -1.95. The van der Waals surface area contributed by atoms with Gasteiger partial charge in [-0.05, 0) is 32.1 Å². The first-order chi connectivity index (χ1) is 9.08. The highest BCUT2D eigenvalue weighted by Gasteiger charge is 2.12. The van der Waals surface area contributed by atoms with Gasteiger partial charge in [-0.25, -0.2) is 0 Å². The molecule has 1 N–H and O–H groups in total. The number of aromatic nitrogens is 5. The van der Waals surface area contributed by atoms with Gasteiger partial charge in [0, 0.05) is 24.5 Å². The molecule has 0 aromatic carbocycles. The van der Waals surface area contributed by atoms with Crippen LogP contribution in [0.15, 0.2) is 18.5 Å². The highest BCUT2D eigenvalue weighted by molar-refractivity contribution is 7.71. The molecule has 6 heteroatoms. The Morgan fingerprint density at radius 1 is 1.37 bits per heavy atom. The molecule has 0 aliphatic carbocycles. The van der Waals surface area contributed by atoms with Crippen LogP contribution < -0.4 is 0 Å². The van der Waals surface area contributed by atoms with E-state index in [1.54, 1.807) is 12.4 Å². The molecule has 0 spiro atoms. The molecule has 0 amide bonds. The number of aryl methyl sites for hydroxylation is 2. The van der Waals surface area contributed by atoms with Crippen LogP contribution in [-0.2, 0) is 13.6 Å². The largest absolute Gasteiger partial charge is 0.329 e. The average Bonchev–Trinajstić information content (AvgIpc) is 2.82. The number of hydrogen-bond donors (Lipinski definition) is 1. The Kier molecular flexibility index (Phi) is 2.74. The summed E-state index contributed by atoms with van der Waals surface area (Å²) in [5.74, 6) is 0. The van der Waals surface area contributed by atoms with E-state index in [-0.39, 0.29) is 0 Å². The first-order valence-corrected chi connectivity index (χ1v) is 6.50. The summed E-state index contributed by atoms with van der Waals surface area (Å²) < 4.78 is 4.71. The van der Waals surface area contributed by atoms with Crippen molar-refractivity contribution in [1.82, 2.24) is 24.3 Å². The lowest BCUT2D eigenvalue weighted by atomic mass is 10.2. The molecular formula is C13H15N5S. The minimum atomic E-state index is 0.714. The van der Waals surface area contributed by atoms with Crippen molar-refractivity contribution >= 4 is 23.3 Å². The Labute approximate surface area is 115 Å². The summed E-state index contributed by atoms with van der Waals surface area (Å²) >= 11 is 5.40. The Balaban J connectivity index is 2.16. The quantitative estimate of drug-likeness (QED) is 0.730. The van der Waals surface area contributed by atoms with Gasteiger partial charge in [0.25, 0.3) is 0 Å². The topological polar surface area (TPSA) is 51.4 Å². The molecule has 0 aliphatic heterocycles. The Morgan fingerprint density at radius 3 is 2.84 bits per heavy atom. The zero-order valence-electron chi connectivity index (χ0n) is 11.1. The van der Waals surface area contributed by atoms with Crippen LogP contribution in [0.5, 0.6) is 0 Å². The molecule has 3 rings (SSSR count). The van der Waals surface area contributed by atoms with E-state index < -0.39 is 0 Å². The second kappa shape index (κ2) is 4.31. The monoisotopic (exact) mass is 273 g/mol. The van der Waals surface area contributed by atoms with Gasteiger partial charge in [0.2, 0.25) is 0 Å². The number of pyridine rings is 1. The number of hydrogen-bond acceptors (Lipinski definition) is 3. The number of H-pyrrole nitrogens is 1. The van der Waals surface area contributed by atoms with Crippen LogP contribution in [0.1, 0.15) is 17.0 Å². The third-order valence-corrected chi connectivity index (χ3v) is 3.87. The lowest BCUT2D eigenvalue weighted by Gasteiger charge is -2.05. The van der Waals surface area contributed by atoms with Crippen LogP contribution in [-0.4, -0.2) is 24.3 Å². The molecular weight excluding hydrogens is 258 g/mol. The van der Waals surface area contributed by atoms with E-state index in [9.17, 15) is 0 Å². The summed E-state index contributed by atoms with van der Waals surface area (Å²) in [6.07, 6.45) is 3.58. The minimum absolute atomic E-state index is 0.714. The predicted octanol–water partition coefficient (Wildman–Crippen LogP) is 2.49. The number of aromatic amines is 1. The lowest BCUT2D eigenvalue weighted by molar-refractivity contribution is 0.727. The predicted molar refractivity (Wildman–Crippen MR) is 76.7 cm³/mol. The second-order valence-corrected chi connectivity index (χ2v) is 5.07. The number of nitrogens with one attached hydrogen (secondary N) is 1. The second-order valence-electron chi connectivity index (χ2n) is 4.68. The summed E-state index contributed by atoms with van der Waals surface area (Å²) in [4.78, 5) is 7.29. The molecule has 5 nitrogen and oxygen atoms in total. The van der Waals surface area contributed by atoms with Crippen LogP contribution >= 0.6 is 12.2 Å². The first kappa shape index (κ1) is 12.1. The van der Waals surface area contributed by atoms with E-state index in [0.29, 0.717) is 4.77 Å². The van der Waals surface area contributed by atoms with E-state index in [2.05, 4.69) is 26.6 Å². The molecule has 19 heavy (non-hydrogen) atoms. The zero-order chi connectivity index (χ0) is 13.6. The van der Waals surface area contributed by atoms with Gasteiger partial charge in [-0.15, -0.1) is 0 Å². The number of nitrogens with zero attached hydrogens (tertiary/aromatic N) is 4. The molecule has 3 aromatic rings. The summed E-state index contributed by atoms with van der Waals surface area (Å²) in [6, 6.07) is 1.97. The van der Waals surface area contributed by atoms with Crippen LogP contribution in [0, 0.1) is 18.6 Å². The van der Waals surface area contributed by atoms with Gasteiger partial charge in [0.1, 0.15) is 0 Å². The normalized spacial score (nSPS) is 11.3. The van der Waals surface area contributed by atoms with Crippen molar-refractivity contribution in [2.24, 2.45) is 7.05 Å². The Morgan fingerprint density at radius 2 is 2.16 bits per heavy atom. The molecule has 3 heterocycles. The fourth-order valence-electron chi connectivity index (χ4n) is 2.37. The number of rotatable bonds is 2. The van der Waals surface area contributed by atoms with Crippen LogP contribution in [0.4, 0.5) is 0 Å². The van der Waals surface area contributed by atoms with Gasteiger partial charge < -0.3 is 9.55 Å². The number of fused-ring (bicyclic) bond motifs is 1. The smallest absolute Gasteiger partial charge is 0.178 e. The van der Waals surface area contributed by atoms with Crippen LogP contribution in [0.3, 0.4) is 0 Å². The maximum Gasteiger partial charge on any atom is 0.178 e. The molecule has 0 aliphatic rings. The van der Waals surface area contributed by atoms with E-state index in [4.69, 9.17) is 12.2 Å². The van der Waals surface area contributed by atoms with E-state index >= 15 is 0 Å². The van der Waals surface area contributed by atoms with Crippen molar-refractivity contribution in [3.63, 3.8) is 0 Å². The van der Waals surface area contributed by atoms with E-state index in [0.717, 1.165) is 23.3 Å². The van der Waals surface area contributed by atoms with Gasteiger partial charge in [-0.3, -0.25) is 9.67 Å². The number of imidazole rings is 1. The van der Waals surface area contributed by atoms with Crippen molar-refractivity contribution in [1.29, 1.82) is 0 Å². The highest BCUT2D eigenvalue weighted by atomic mass is 32.1. The standard InChI is InChI=1S/C13H15N5S/c1-8-10(9(2)17(3)16-8)7-18-12-4-5-14-6-11(12)15-13(18)19/h4-6H,7H2,1-3H3,(H,15,19). The van der Waals surface area contributed by atoms with Gasteiger partial charge in [-0.2, -0.15) is 5.10 Å². The van der Waals surface area contributed by atoms with E-state index in [1.165, 1.54) is 11.3 Å².